The SMILES string of the molecule is N=C1C=CC=C/C1=C1\C=CC(c2cccc(-n3c4cc5c(cc4c4c6ccccc6sc43)sc3ccccc35)c2)=CN1. The molecule has 0 amide bonds. The van der Waals surface area contributed by atoms with Crippen molar-refractivity contribution in [1.29, 1.82) is 5.41 Å². The van der Waals surface area contributed by atoms with Gasteiger partial charge in [0, 0.05) is 64.2 Å². The highest BCUT2D eigenvalue weighted by atomic mass is 32.1. The van der Waals surface area contributed by atoms with Crippen molar-refractivity contribution in [3.05, 3.63) is 144 Å². The van der Waals surface area contributed by atoms with Crippen molar-refractivity contribution in [3.63, 3.8) is 0 Å². The number of benzene rings is 4. The van der Waals surface area contributed by atoms with Crippen LogP contribution in [-0.4, -0.2) is 10.3 Å². The van der Waals surface area contributed by atoms with Crippen LogP contribution in [0.15, 0.2) is 139 Å². The van der Waals surface area contributed by atoms with Crippen molar-refractivity contribution >= 4 is 85.3 Å². The number of hydrogen-bond acceptors (Lipinski definition) is 4. The van der Waals surface area contributed by atoms with Gasteiger partial charge in [0.15, 0.2) is 0 Å². The first-order valence-electron chi connectivity index (χ1n) is 13.9. The standard InChI is InChI=1S/C37H23N3S2/c38-30-13-4-1-11-26(30)31-17-16-23(21-39-31)22-8-7-9-24(18-22)40-32-19-28-25-10-2-5-14-33(25)41-35(28)20-29(32)36-27-12-3-6-15-34(27)42-37(36)40/h1-21,38-39H/b31-26-,38-30?. The molecule has 0 saturated carbocycles. The maximum absolute atomic E-state index is 8.27. The van der Waals surface area contributed by atoms with E-state index in [1.54, 1.807) is 0 Å². The third kappa shape index (κ3) is 3.48. The molecule has 9 rings (SSSR count). The summed E-state index contributed by atoms with van der Waals surface area (Å²) in [5, 5.41) is 18.3. The van der Waals surface area contributed by atoms with E-state index < -0.39 is 0 Å². The number of rotatable bonds is 2. The molecule has 7 aromatic rings. The van der Waals surface area contributed by atoms with Crippen molar-refractivity contribution in [2.75, 3.05) is 0 Å². The van der Waals surface area contributed by atoms with Gasteiger partial charge in [-0.15, -0.1) is 22.7 Å². The molecule has 3 aromatic heterocycles. The average Bonchev–Trinajstić information content (AvgIpc) is 3.68. The number of allylic oxidation sites excluding steroid dienone is 8. The van der Waals surface area contributed by atoms with Gasteiger partial charge in [-0.25, -0.2) is 0 Å². The molecule has 4 heterocycles. The summed E-state index contributed by atoms with van der Waals surface area (Å²) in [6.07, 6.45) is 13.9. The van der Waals surface area contributed by atoms with E-state index in [9.17, 15) is 0 Å². The van der Waals surface area contributed by atoms with E-state index in [0.717, 1.165) is 28.1 Å². The molecule has 0 atom stereocenters. The smallest absolute Gasteiger partial charge is 0.109 e. The molecule has 2 aliphatic rings. The van der Waals surface area contributed by atoms with Crippen LogP contribution < -0.4 is 5.32 Å². The number of hydrogen-bond donors (Lipinski definition) is 2. The van der Waals surface area contributed by atoms with Gasteiger partial charge in [-0.05, 0) is 59.7 Å². The second kappa shape index (κ2) is 9.02. The number of dihydropyridines is 1. The Labute approximate surface area is 249 Å². The van der Waals surface area contributed by atoms with Gasteiger partial charge < -0.3 is 15.3 Å². The van der Waals surface area contributed by atoms with E-state index >= 15 is 0 Å². The summed E-state index contributed by atoms with van der Waals surface area (Å²) in [6, 6.07) is 31.2. The zero-order chi connectivity index (χ0) is 27.8. The van der Waals surface area contributed by atoms with E-state index in [1.807, 2.05) is 53.2 Å². The lowest BCUT2D eigenvalue weighted by atomic mass is 9.99. The van der Waals surface area contributed by atoms with Gasteiger partial charge in [-0.2, -0.15) is 0 Å². The molecular weight excluding hydrogens is 551 g/mol. The molecule has 5 heteroatoms. The molecule has 3 nitrogen and oxygen atoms in total. The second-order valence-electron chi connectivity index (χ2n) is 10.7. The first-order valence-corrected chi connectivity index (χ1v) is 15.6. The minimum Gasteiger partial charge on any atom is -0.361 e. The van der Waals surface area contributed by atoms with Crippen LogP contribution in [0.25, 0.3) is 62.6 Å². The molecule has 4 aromatic carbocycles. The summed E-state index contributed by atoms with van der Waals surface area (Å²) < 4.78 is 6.43. The molecule has 42 heavy (non-hydrogen) atoms. The van der Waals surface area contributed by atoms with Gasteiger partial charge >= 0.3 is 0 Å². The lowest BCUT2D eigenvalue weighted by Crippen LogP contribution is -2.14. The molecule has 1 aliphatic heterocycles. The molecule has 0 spiro atoms. The quantitative estimate of drug-likeness (QED) is 0.212. The predicted octanol–water partition coefficient (Wildman–Crippen LogP) is 10.3. The number of aromatic nitrogens is 1. The molecule has 0 radical (unpaired) electrons. The summed E-state index contributed by atoms with van der Waals surface area (Å²) >= 11 is 3.74. The van der Waals surface area contributed by atoms with Crippen molar-refractivity contribution in [3.8, 4) is 5.69 Å². The molecular formula is C37H23N3S2. The fourth-order valence-corrected chi connectivity index (χ4v) is 8.65. The zero-order valence-electron chi connectivity index (χ0n) is 22.4. The first-order chi connectivity index (χ1) is 20.7. The molecule has 198 valence electrons. The maximum atomic E-state index is 8.27. The topological polar surface area (TPSA) is 40.8 Å². The summed E-state index contributed by atoms with van der Waals surface area (Å²) in [6.45, 7) is 0. The molecule has 0 bridgehead atoms. The lowest BCUT2D eigenvalue weighted by Gasteiger charge is -2.16. The van der Waals surface area contributed by atoms with E-state index in [0.29, 0.717) is 5.71 Å². The first kappa shape index (κ1) is 23.7. The third-order valence-corrected chi connectivity index (χ3v) is 10.5. The van der Waals surface area contributed by atoms with Gasteiger partial charge in [-0.1, -0.05) is 72.8 Å². The van der Waals surface area contributed by atoms with Crippen LogP contribution in [0.4, 0.5) is 0 Å². The molecule has 0 saturated heterocycles. The van der Waals surface area contributed by atoms with Gasteiger partial charge in [0.05, 0.1) is 11.2 Å². The summed E-state index contributed by atoms with van der Waals surface area (Å²) in [7, 11) is 0. The normalized spacial score (nSPS) is 16.9. The van der Waals surface area contributed by atoms with Crippen molar-refractivity contribution in [1.82, 2.24) is 9.88 Å². The van der Waals surface area contributed by atoms with E-state index in [4.69, 9.17) is 5.41 Å². The number of thiophene rings is 2. The summed E-state index contributed by atoms with van der Waals surface area (Å²) in [4.78, 5) is 1.28. The van der Waals surface area contributed by atoms with Gasteiger partial charge in [0.1, 0.15) is 4.83 Å². The van der Waals surface area contributed by atoms with Crippen molar-refractivity contribution < 1.29 is 0 Å². The fourth-order valence-electron chi connectivity index (χ4n) is 6.28. The Morgan fingerprint density at radius 1 is 0.643 bits per heavy atom. The van der Waals surface area contributed by atoms with Crippen molar-refractivity contribution in [2.45, 2.75) is 0 Å². The Hall–Kier alpha value is -4.97. The summed E-state index contributed by atoms with van der Waals surface area (Å²) in [5.41, 5.74) is 7.00. The van der Waals surface area contributed by atoms with Crippen LogP contribution >= 0.6 is 22.7 Å². The van der Waals surface area contributed by atoms with Crippen LogP contribution in [0.2, 0.25) is 0 Å². The molecule has 0 unspecified atom stereocenters. The van der Waals surface area contributed by atoms with Gasteiger partial charge in [-0.3, -0.25) is 0 Å². The number of fused-ring (bicyclic) bond motifs is 8. The van der Waals surface area contributed by atoms with E-state index in [2.05, 4.69) is 107 Å². The Balaban J connectivity index is 1.25. The van der Waals surface area contributed by atoms with Crippen molar-refractivity contribution in [2.24, 2.45) is 0 Å². The molecule has 2 N–H and O–H groups in total. The van der Waals surface area contributed by atoms with Gasteiger partial charge in [0.2, 0.25) is 0 Å². The van der Waals surface area contributed by atoms with E-state index in [1.165, 1.54) is 51.4 Å². The Bertz CT molecular complexity index is 2450. The molecule has 1 aliphatic carbocycles. The lowest BCUT2D eigenvalue weighted by molar-refractivity contribution is 1.09. The van der Waals surface area contributed by atoms with Crippen LogP contribution in [-0.2, 0) is 0 Å². The second-order valence-corrected chi connectivity index (χ2v) is 12.8. The number of nitrogens with one attached hydrogen (secondary N) is 2. The van der Waals surface area contributed by atoms with E-state index in [-0.39, 0.29) is 0 Å². The largest absolute Gasteiger partial charge is 0.361 e. The average molecular weight is 574 g/mol. The Morgan fingerprint density at radius 2 is 1.45 bits per heavy atom. The predicted molar refractivity (Wildman–Crippen MR) is 182 cm³/mol. The number of nitrogens with zero attached hydrogens (tertiary/aromatic N) is 1. The Kier molecular flexibility index (Phi) is 5.09. The monoisotopic (exact) mass is 573 g/mol. The Morgan fingerprint density at radius 3 is 2.29 bits per heavy atom. The van der Waals surface area contributed by atoms with Crippen LogP contribution in [0.5, 0.6) is 0 Å². The van der Waals surface area contributed by atoms with Crippen LogP contribution in [0, 0.1) is 5.41 Å². The minimum absolute atomic E-state index is 0.517. The molecule has 0 fully saturated rings. The maximum Gasteiger partial charge on any atom is 0.109 e. The van der Waals surface area contributed by atoms with Crippen LogP contribution in [0.3, 0.4) is 0 Å². The fraction of sp³-hybridized carbons (Fsp3) is 0. The highest BCUT2D eigenvalue weighted by Crippen LogP contribution is 2.45. The van der Waals surface area contributed by atoms with Gasteiger partial charge in [0.25, 0.3) is 0 Å². The highest BCUT2D eigenvalue weighted by Gasteiger charge is 2.20. The highest BCUT2D eigenvalue weighted by molar-refractivity contribution is 7.26. The van der Waals surface area contributed by atoms with Crippen LogP contribution in [0.1, 0.15) is 5.56 Å². The minimum atomic E-state index is 0.517. The third-order valence-electron chi connectivity index (χ3n) is 8.25. The summed E-state index contributed by atoms with van der Waals surface area (Å²) in [5.74, 6) is 0. The zero-order valence-corrected chi connectivity index (χ0v) is 24.0.